The number of hydrogen-bond donors (Lipinski definition) is 2. The van der Waals surface area contributed by atoms with Crippen LogP contribution >= 0.6 is 0 Å². The Balaban J connectivity index is 0.000000416. The van der Waals surface area contributed by atoms with Crippen molar-refractivity contribution in [2.24, 2.45) is 0 Å². The normalized spacial score (nSPS) is 10.8. The fourth-order valence-corrected chi connectivity index (χ4v) is 2.40. The third kappa shape index (κ3) is 11.5. The van der Waals surface area contributed by atoms with Crippen LogP contribution in [0.4, 0.5) is 5.69 Å². The molecule has 4 heteroatoms. The van der Waals surface area contributed by atoms with Gasteiger partial charge in [0, 0.05) is 11.2 Å². The van der Waals surface area contributed by atoms with Crippen LogP contribution in [0.2, 0.25) is 0 Å². The first-order valence-electron chi connectivity index (χ1n) is 10.1. The summed E-state index contributed by atoms with van der Waals surface area (Å²) in [5, 5.41) is 6.21. The molecule has 2 N–H and O–H groups in total. The van der Waals surface area contributed by atoms with E-state index in [1.165, 1.54) is 12.0 Å². The molecule has 0 aliphatic rings. The van der Waals surface area contributed by atoms with Crippen molar-refractivity contribution in [3.8, 4) is 0 Å². The Hall–Kier alpha value is -2.17. The van der Waals surface area contributed by atoms with Gasteiger partial charge < -0.3 is 15.4 Å². The molecule has 0 fully saturated rings. The SMILES string of the molecule is CCCNC(C)(C)C.CCc1cccc(NC(=O)COCc2ccccc2)c1. The Labute approximate surface area is 170 Å². The Morgan fingerprint density at radius 3 is 2.21 bits per heavy atom. The van der Waals surface area contributed by atoms with E-state index in [1.807, 2.05) is 54.6 Å². The highest BCUT2D eigenvalue weighted by Crippen LogP contribution is 2.11. The van der Waals surface area contributed by atoms with Crippen molar-refractivity contribution < 1.29 is 9.53 Å². The van der Waals surface area contributed by atoms with Crippen LogP contribution in [0, 0.1) is 0 Å². The van der Waals surface area contributed by atoms with E-state index < -0.39 is 0 Å². The van der Waals surface area contributed by atoms with E-state index in [9.17, 15) is 4.79 Å². The van der Waals surface area contributed by atoms with Gasteiger partial charge in [0.05, 0.1) is 6.61 Å². The molecule has 28 heavy (non-hydrogen) atoms. The second-order valence-electron chi connectivity index (χ2n) is 7.76. The largest absolute Gasteiger partial charge is 0.367 e. The summed E-state index contributed by atoms with van der Waals surface area (Å²) in [4.78, 5) is 11.8. The predicted octanol–water partition coefficient (Wildman–Crippen LogP) is 5.19. The first-order chi connectivity index (χ1) is 13.3. The number of carbonyl (C=O) groups excluding carboxylic acids is 1. The zero-order chi connectivity index (χ0) is 20.8. The fourth-order valence-electron chi connectivity index (χ4n) is 2.40. The molecule has 0 aliphatic carbocycles. The molecule has 0 saturated carbocycles. The Morgan fingerprint density at radius 2 is 1.64 bits per heavy atom. The lowest BCUT2D eigenvalue weighted by atomic mass is 10.1. The second kappa shape index (κ2) is 13.1. The molecule has 0 heterocycles. The monoisotopic (exact) mass is 384 g/mol. The minimum atomic E-state index is -0.130. The second-order valence-corrected chi connectivity index (χ2v) is 7.76. The third-order valence-corrected chi connectivity index (χ3v) is 3.87. The van der Waals surface area contributed by atoms with Crippen molar-refractivity contribution in [2.45, 2.75) is 59.6 Å². The number of aryl methyl sites for hydroxylation is 1. The van der Waals surface area contributed by atoms with Gasteiger partial charge in [-0.05, 0) is 63.4 Å². The lowest BCUT2D eigenvalue weighted by Gasteiger charge is -2.19. The highest BCUT2D eigenvalue weighted by atomic mass is 16.5. The molecule has 0 saturated heterocycles. The minimum absolute atomic E-state index is 0.0608. The van der Waals surface area contributed by atoms with E-state index in [1.54, 1.807) is 0 Å². The van der Waals surface area contributed by atoms with Crippen LogP contribution in [0.25, 0.3) is 0 Å². The van der Waals surface area contributed by atoms with Crippen molar-refractivity contribution in [3.63, 3.8) is 0 Å². The van der Waals surface area contributed by atoms with E-state index in [0.29, 0.717) is 12.1 Å². The summed E-state index contributed by atoms with van der Waals surface area (Å²) in [7, 11) is 0. The molecular formula is C24H36N2O2. The average molecular weight is 385 g/mol. The van der Waals surface area contributed by atoms with E-state index in [0.717, 1.165) is 24.2 Å². The first kappa shape index (κ1) is 23.9. The van der Waals surface area contributed by atoms with Gasteiger partial charge in [0.1, 0.15) is 6.61 Å². The van der Waals surface area contributed by atoms with E-state index in [-0.39, 0.29) is 12.5 Å². The number of carbonyl (C=O) groups is 1. The average Bonchev–Trinajstić information content (AvgIpc) is 2.67. The van der Waals surface area contributed by atoms with Crippen LogP contribution in [-0.2, 0) is 22.6 Å². The smallest absolute Gasteiger partial charge is 0.250 e. The zero-order valence-electron chi connectivity index (χ0n) is 18.0. The van der Waals surface area contributed by atoms with Gasteiger partial charge in [-0.15, -0.1) is 0 Å². The number of anilines is 1. The summed E-state index contributed by atoms with van der Waals surface area (Å²) in [6, 6.07) is 17.7. The lowest BCUT2D eigenvalue weighted by Crippen LogP contribution is -2.36. The van der Waals surface area contributed by atoms with Crippen LogP contribution in [0.15, 0.2) is 54.6 Å². The van der Waals surface area contributed by atoms with E-state index in [2.05, 4.69) is 45.3 Å². The first-order valence-corrected chi connectivity index (χ1v) is 10.1. The highest BCUT2D eigenvalue weighted by Gasteiger charge is 2.05. The summed E-state index contributed by atoms with van der Waals surface area (Å²) >= 11 is 0. The molecule has 0 radical (unpaired) electrons. The van der Waals surface area contributed by atoms with Gasteiger partial charge in [0.2, 0.25) is 5.91 Å². The van der Waals surface area contributed by atoms with Gasteiger partial charge >= 0.3 is 0 Å². The van der Waals surface area contributed by atoms with Crippen molar-refractivity contribution in [3.05, 3.63) is 65.7 Å². The molecule has 0 atom stereocenters. The quantitative estimate of drug-likeness (QED) is 0.658. The molecule has 0 spiro atoms. The van der Waals surface area contributed by atoms with Crippen molar-refractivity contribution in [1.82, 2.24) is 5.32 Å². The summed E-state index contributed by atoms with van der Waals surface area (Å²) in [6.07, 6.45) is 2.17. The van der Waals surface area contributed by atoms with Crippen LogP contribution in [-0.4, -0.2) is 24.6 Å². The third-order valence-electron chi connectivity index (χ3n) is 3.87. The maximum absolute atomic E-state index is 11.8. The number of rotatable bonds is 8. The molecule has 0 unspecified atom stereocenters. The molecule has 1 amide bonds. The summed E-state index contributed by atoms with van der Waals surface area (Å²) < 4.78 is 5.40. The number of nitrogens with one attached hydrogen (secondary N) is 2. The molecule has 4 nitrogen and oxygen atoms in total. The molecule has 2 aromatic rings. The van der Waals surface area contributed by atoms with Crippen LogP contribution in [0.1, 0.15) is 52.2 Å². The molecule has 154 valence electrons. The molecule has 0 bridgehead atoms. The fraction of sp³-hybridized carbons (Fsp3) is 0.458. The summed E-state index contributed by atoms with van der Waals surface area (Å²) in [5.74, 6) is -0.130. The lowest BCUT2D eigenvalue weighted by molar-refractivity contribution is -0.121. The predicted molar refractivity (Wildman–Crippen MR) is 119 cm³/mol. The minimum Gasteiger partial charge on any atom is -0.367 e. The Bertz CT molecular complexity index is 679. The molecule has 2 rings (SSSR count). The van der Waals surface area contributed by atoms with Gasteiger partial charge in [0.25, 0.3) is 0 Å². The van der Waals surface area contributed by atoms with Crippen molar-refractivity contribution >= 4 is 11.6 Å². The van der Waals surface area contributed by atoms with Crippen molar-refractivity contribution in [2.75, 3.05) is 18.5 Å². The molecular weight excluding hydrogens is 348 g/mol. The van der Waals surface area contributed by atoms with Crippen LogP contribution in [0.5, 0.6) is 0 Å². The highest BCUT2D eigenvalue weighted by molar-refractivity contribution is 5.91. The Kier molecular flexibility index (Phi) is 11.2. The maximum atomic E-state index is 11.8. The standard InChI is InChI=1S/C17H19NO2.C7H17N/c1-2-14-9-6-10-16(11-14)18-17(19)13-20-12-15-7-4-3-5-8-15;1-5-6-8-7(2,3)4/h3-11H,2,12-13H2,1H3,(H,18,19);8H,5-6H2,1-4H3. The molecule has 2 aromatic carbocycles. The van der Waals surface area contributed by atoms with Crippen LogP contribution < -0.4 is 10.6 Å². The van der Waals surface area contributed by atoms with E-state index >= 15 is 0 Å². The summed E-state index contributed by atoms with van der Waals surface area (Å²) in [5.41, 5.74) is 3.38. The van der Waals surface area contributed by atoms with Crippen molar-refractivity contribution in [1.29, 1.82) is 0 Å². The van der Waals surface area contributed by atoms with Gasteiger partial charge in [-0.25, -0.2) is 0 Å². The number of amides is 1. The Morgan fingerprint density at radius 1 is 0.964 bits per heavy atom. The molecule has 0 aromatic heterocycles. The number of hydrogen-bond acceptors (Lipinski definition) is 3. The summed E-state index contributed by atoms with van der Waals surface area (Å²) in [6.45, 7) is 12.5. The number of ether oxygens (including phenoxy) is 1. The molecule has 0 aliphatic heterocycles. The topological polar surface area (TPSA) is 50.4 Å². The van der Waals surface area contributed by atoms with E-state index in [4.69, 9.17) is 4.74 Å². The maximum Gasteiger partial charge on any atom is 0.250 e. The van der Waals surface area contributed by atoms with Crippen LogP contribution in [0.3, 0.4) is 0 Å². The van der Waals surface area contributed by atoms with Gasteiger partial charge in [0.15, 0.2) is 0 Å². The number of benzene rings is 2. The van der Waals surface area contributed by atoms with Gasteiger partial charge in [-0.1, -0.05) is 56.3 Å². The van der Waals surface area contributed by atoms with Gasteiger partial charge in [-0.3, -0.25) is 4.79 Å². The van der Waals surface area contributed by atoms with Gasteiger partial charge in [-0.2, -0.15) is 0 Å². The zero-order valence-corrected chi connectivity index (χ0v) is 18.0.